The van der Waals surface area contributed by atoms with E-state index in [-0.39, 0.29) is 0 Å². The second-order valence-corrected chi connectivity index (χ2v) is 3.47. The van der Waals surface area contributed by atoms with Crippen molar-refractivity contribution in [1.29, 1.82) is 5.26 Å². The van der Waals surface area contributed by atoms with Gasteiger partial charge in [0.15, 0.2) is 0 Å². The van der Waals surface area contributed by atoms with Gasteiger partial charge in [0.25, 0.3) is 0 Å². The maximum absolute atomic E-state index is 11.8. The molecular weight excluding hydrogens is 202 g/mol. The number of rotatable bonds is 3. The lowest BCUT2D eigenvalue weighted by Crippen LogP contribution is -2.11. The molecule has 0 unspecified atom stereocenters. The number of ether oxygens (including phenoxy) is 1. The fourth-order valence-electron chi connectivity index (χ4n) is 1.74. The molecule has 0 spiro atoms. The summed E-state index contributed by atoms with van der Waals surface area (Å²) in [6.07, 6.45) is 0.718. The topological polar surface area (TPSA) is 50.1 Å². The molecule has 0 N–H and O–H groups in total. The Morgan fingerprint density at radius 3 is 2.62 bits per heavy atom. The predicted octanol–water partition coefficient (Wildman–Crippen LogP) is 2.61. The van der Waals surface area contributed by atoms with Crippen molar-refractivity contribution in [2.24, 2.45) is 0 Å². The van der Waals surface area contributed by atoms with Crippen LogP contribution in [0.25, 0.3) is 0 Å². The zero-order valence-electron chi connectivity index (χ0n) is 9.83. The summed E-state index contributed by atoms with van der Waals surface area (Å²) >= 11 is 0. The van der Waals surface area contributed by atoms with Gasteiger partial charge in [-0.1, -0.05) is 13.0 Å². The van der Waals surface area contributed by atoms with Crippen LogP contribution in [-0.2, 0) is 11.2 Å². The first-order valence-electron chi connectivity index (χ1n) is 5.35. The largest absolute Gasteiger partial charge is 0.462 e. The number of carbonyl (C=O) groups is 1. The molecule has 1 rings (SSSR count). The molecule has 0 aliphatic heterocycles. The van der Waals surface area contributed by atoms with Crippen LogP contribution >= 0.6 is 0 Å². The molecule has 0 fully saturated rings. The van der Waals surface area contributed by atoms with Crippen LogP contribution in [0.5, 0.6) is 0 Å². The number of esters is 1. The smallest absolute Gasteiger partial charge is 0.339 e. The monoisotopic (exact) mass is 217 g/mol. The van der Waals surface area contributed by atoms with E-state index in [4.69, 9.17) is 10.00 Å². The maximum atomic E-state index is 11.8. The number of carbonyl (C=O) groups excluding carboxylic acids is 1. The lowest BCUT2D eigenvalue weighted by Gasteiger charge is -2.11. The van der Waals surface area contributed by atoms with Gasteiger partial charge in [-0.25, -0.2) is 4.79 Å². The highest BCUT2D eigenvalue weighted by Gasteiger charge is 2.18. The molecule has 0 aromatic heterocycles. The van der Waals surface area contributed by atoms with Gasteiger partial charge in [-0.15, -0.1) is 0 Å². The summed E-state index contributed by atoms with van der Waals surface area (Å²) < 4.78 is 4.98. The first-order chi connectivity index (χ1) is 7.65. The highest BCUT2D eigenvalue weighted by atomic mass is 16.5. The van der Waals surface area contributed by atoms with Crippen molar-refractivity contribution in [1.82, 2.24) is 0 Å². The molecule has 1 aromatic rings. The zero-order chi connectivity index (χ0) is 12.1. The third kappa shape index (κ3) is 2.22. The molecule has 0 bridgehead atoms. The van der Waals surface area contributed by atoms with Crippen molar-refractivity contribution >= 4 is 5.97 Å². The Balaban J connectivity index is 3.37. The van der Waals surface area contributed by atoms with Crippen molar-refractivity contribution in [2.45, 2.75) is 27.2 Å². The Bertz CT molecular complexity index is 444. The SMILES string of the molecule is CCOC(=O)c1c(C#N)ccc(C)c1CC. The van der Waals surface area contributed by atoms with Gasteiger partial charge in [0.1, 0.15) is 6.07 Å². The second kappa shape index (κ2) is 5.32. The first-order valence-corrected chi connectivity index (χ1v) is 5.35. The molecule has 1 aromatic carbocycles. The van der Waals surface area contributed by atoms with Crippen molar-refractivity contribution in [3.63, 3.8) is 0 Å². The Kier molecular flexibility index (Phi) is 4.07. The van der Waals surface area contributed by atoms with Crippen LogP contribution in [0.2, 0.25) is 0 Å². The minimum Gasteiger partial charge on any atom is -0.462 e. The predicted molar refractivity (Wildman–Crippen MR) is 61.2 cm³/mol. The van der Waals surface area contributed by atoms with Crippen LogP contribution in [0.4, 0.5) is 0 Å². The van der Waals surface area contributed by atoms with E-state index in [9.17, 15) is 4.79 Å². The summed E-state index contributed by atoms with van der Waals surface area (Å²) in [5.41, 5.74) is 2.73. The van der Waals surface area contributed by atoms with Crippen molar-refractivity contribution in [3.8, 4) is 6.07 Å². The van der Waals surface area contributed by atoms with Gasteiger partial charge in [-0.3, -0.25) is 0 Å². The standard InChI is InChI=1S/C13H15NO2/c1-4-11-9(3)6-7-10(8-14)12(11)13(15)16-5-2/h6-7H,4-5H2,1-3H3. The Morgan fingerprint density at radius 2 is 2.12 bits per heavy atom. The second-order valence-electron chi connectivity index (χ2n) is 3.47. The number of nitrogens with zero attached hydrogens (tertiary/aromatic N) is 1. The Labute approximate surface area is 95.7 Å². The normalized spacial score (nSPS) is 9.62. The molecule has 0 aliphatic rings. The number of benzene rings is 1. The number of hydrogen-bond acceptors (Lipinski definition) is 3. The van der Waals surface area contributed by atoms with Gasteiger partial charge in [-0.2, -0.15) is 5.26 Å². The molecular formula is C13H15NO2. The summed E-state index contributed by atoms with van der Waals surface area (Å²) in [7, 11) is 0. The molecule has 0 heterocycles. The van der Waals surface area contributed by atoms with Gasteiger partial charge in [0, 0.05) is 0 Å². The number of hydrogen-bond donors (Lipinski definition) is 0. The molecule has 0 saturated carbocycles. The number of nitriles is 1. The zero-order valence-corrected chi connectivity index (χ0v) is 9.83. The minimum absolute atomic E-state index is 0.320. The minimum atomic E-state index is -0.403. The molecule has 0 radical (unpaired) electrons. The average Bonchev–Trinajstić information content (AvgIpc) is 2.28. The fraction of sp³-hybridized carbons (Fsp3) is 0.385. The third-order valence-corrected chi connectivity index (χ3v) is 2.50. The Morgan fingerprint density at radius 1 is 1.44 bits per heavy atom. The summed E-state index contributed by atoms with van der Waals surface area (Å²) in [6, 6.07) is 5.56. The average molecular weight is 217 g/mol. The summed E-state index contributed by atoms with van der Waals surface area (Å²) in [6.45, 7) is 5.97. The van der Waals surface area contributed by atoms with Crippen molar-refractivity contribution in [2.75, 3.05) is 6.61 Å². The van der Waals surface area contributed by atoms with E-state index in [1.807, 2.05) is 26.0 Å². The van der Waals surface area contributed by atoms with Gasteiger partial charge in [0.2, 0.25) is 0 Å². The third-order valence-electron chi connectivity index (χ3n) is 2.50. The molecule has 0 atom stereocenters. The molecule has 84 valence electrons. The first kappa shape index (κ1) is 12.3. The molecule has 0 amide bonds. The fourth-order valence-corrected chi connectivity index (χ4v) is 1.74. The van der Waals surface area contributed by atoms with Crippen molar-refractivity contribution in [3.05, 3.63) is 34.4 Å². The highest BCUT2D eigenvalue weighted by molar-refractivity contribution is 5.94. The lowest BCUT2D eigenvalue weighted by atomic mass is 9.95. The Hall–Kier alpha value is -1.82. The van der Waals surface area contributed by atoms with Gasteiger partial charge in [-0.05, 0) is 37.5 Å². The van der Waals surface area contributed by atoms with Crippen LogP contribution in [0.1, 0.15) is 40.9 Å². The van der Waals surface area contributed by atoms with Crippen LogP contribution in [0.15, 0.2) is 12.1 Å². The summed E-state index contributed by atoms with van der Waals surface area (Å²) in [4.78, 5) is 11.8. The molecule has 16 heavy (non-hydrogen) atoms. The maximum Gasteiger partial charge on any atom is 0.339 e. The molecule has 3 nitrogen and oxygen atoms in total. The van der Waals surface area contributed by atoms with E-state index in [0.29, 0.717) is 17.7 Å². The van der Waals surface area contributed by atoms with Crippen LogP contribution in [0, 0.1) is 18.3 Å². The summed E-state index contributed by atoms with van der Waals surface area (Å²) in [5, 5.41) is 8.99. The van der Waals surface area contributed by atoms with Crippen LogP contribution in [0.3, 0.4) is 0 Å². The quantitative estimate of drug-likeness (QED) is 0.731. The molecule has 0 saturated heterocycles. The number of aryl methyl sites for hydroxylation is 1. The van der Waals surface area contributed by atoms with E-state index < -0.39 is 5.97 Å². The highest BCUT2D eigenvalue weighted by Crippen LogP contribution is 2.20. The van der Waals surface area contributed by atoms with E-state index >= 15 is 0 Å². The molecule has 0 aliphatic carbocycles. The van der Waals surface area contributed by atoms with E-state index in [2.05, 4.69) is 0 Å². The van der Waals surface area contributed by atoms with E-state index in [1.165, 1.54) is 0 Å². The van der Waals surface area contributed by atoms with Crippen LogP contribution in [-0.4, -0.2) is 12.6 Å². The van der Waals surface area contributed by atoms with Gasteiger partial charge < -0.3 is 4.74 Å². The van der Waals surface area contributed by atoms with Crippen LogP contribution < -0.4 is 0 Å². The summed E-state index contributed by atoms with van der Waals surface area (Å²) in [5.74, 6) is -0.403. The van der Waals surface area contributed by atoms with E-state index in [0.717, 1.165) is 17.5 Å². The van der Waals surface area contributed by atoms with Gasteiger partial charge >= 0.3 is 5.97 Å². The molecule has 3 heteroatoms. The van der Waals surface area contributed by atoms with Crippen molar-refractivity contribution < 1.29 is 9.53 Å². The van der Waals surface area contributed by atoms with E-state index in [1.54, 1.807) is 13.0 Å². The van der Waals surface area contributed by atoms with Gasteiger partial charge in [0.05, 0.1) is 17.7 Å². The lowest BCUT2D eigenvalue weighted by molar-refractivity contribution is 0.0524.